The average molecular weight is 267 g/mol. The van der Waals surface area contributed by atoms with Crippen LogP contribution < -0.4 is 5.32 Å². The van der Waals surface area contributed by atoms with Gasteiger partial charge in [0.2, 0.25) is 0 Å². The van der Waals surface area contributed by atoms with E-state index in [4.69, 9.17) is 0 Å². The van der Waals surface area contributed by atoms with Crippen molar-refractivity contribution >= 4 is 16.6 Å². The molecule has 1 aromatic heterocycles. The number of pyridine rings is 1. The molecule has 3 heterocycles. The molecule has 2 atom stereocenters. The van der Waals surface area contributed by atoms with Crippen molar-refractivity contribution < 1.29 is 0 Å². The van der Waals surface area contributed by atoms with Crippen LogP contribution in [0.4, 0.5) is 5.69 Å². The number of para-hydroxylation sites is 1. The van der Waals surface area contributed by atoms with Crippen molar-refractivity contribution in [1.29, 1.82) is 0 Å². The molecule has 2 bridgehead atoms. The summed E-state index contributed by atoms with van der Waals surface area (Å²) in [5, 5.41) is 4.97. The first-order valence-electron chi connectivity index (χ1n) is 7.63. The van der Waals surface area contributed by atoms with E-state index >= 15 is 0 Å². The maximum atomic E-state index is 4.54. The van der Waals surface area contributed by atoms with Gasteiger partial charge in [0, 0.05) is 29.7 Å². The zero-order chi connectivity index (χ0) is 13.5. The van der Waals surface area contributed by atoms with Crippen molar-refractivity contribution in [3.63, 3.8) is 0 Å². The zero-order valence-electron chi connectivity index (χ0n) is 11.9. The van der Waals surface area contributed by atoms with Gasteiger partial charge in [-0.15, -0.1) is 0 Å². The highest BCUT2D eigenvalue weighted by Crippen LogP contribution is 2.36. The normalized spacial score (nSPS) is 29.8. The predicted molar refractivity (Wildman–Crippen MR) is 83.0 cm³/mol. The molecule has 104 valence electrons. The quantitative estimate of drug-likeness (QED) is 0.905. The summed E-state index contributed by atoms with van der Waals surface area (Å²) in [4.78, 5) is 7.13. The first kappa shape index (κ1) is 12.2. The Bertz CT molecular complexity index is 605. The molecule has 2 aliphatic rings. The van der Waals surface area contributed by atoms with E-state index in [1.54, 1.807) is 0 Å². The topological polar surface area (TPSA) is 28.2 Å². The van der Waals surface area contributed by atoms with Crippen LogP contribution in [0.1, 0.15) is 25.7 Å². The number of hydrogen-bond donors (Lipinski definition) is 1. The zero-order valence-corrected chi connectivity index (χ0v) is 11.9. The first-order valence-corrected chi connectivity index (χ1v) is 7.63. The third-order valence-electron chi connectivity index (χ3n) is 5.09. The molecule has 0 saturated carbocycles. The Morgan fingerprint density at radius 1 is 1.10 bits per heavy atom. The van der Waals surface area contributed by atoms with Crippen LogP contribution in [0, 0.1) is 0 Å². The Balaban J connectivity index is 1.59. The minimum absolute atomic E-state index is 0.594. The van der Waals surface area contributed by atoms with E-state index in [-0.39, 0.29) is 0 Å². The lowest BCUT2D eigenvalue weighted by Crippen LogP contribution is -2.44. The molecule has 1 aromatic carbocycles. The number of anilines is 1. The molecular weight excluding hydrogens is 246 g/mol. The highest BCUT2D eigenvalue weighted by Gasteiger charge is 2.38. The number of piperidine rings is 1. The molecule has 2 fully saturated rings. The van der Waals surface area contributed by atoms with E-state index in [2.05, 4.69) is 46.5 Å². The fourth-order valence-electron chi connectivity index (χ4n) is 3.97. The second kappa shape index (κ2) is 4.74. The lowest BCUT2D eigenvalue weighted by atomic mass is 9.97. The lowest BCUT2D eigenvalue weighted by Gasteiger charge is -2.37. The predicted octanol–water partition coefficient (Wildman–Crippen LogP) is 3.27. The van der Waals surface area contributed by atoms with Crippen LogP contribution in [0.2, 0.25) is 0 Å². The van der Waals surface area contributed by atoms with Gasteiger partial charge in [0.15, 0.2) is 0 Å². The molecule has 0 aliphatic carbocycles. The Labute approximate surface area is 120 Å². The van der Waals surface area contributed by atoms with E-state index in [9.17, 15) is 0 Å². The van der Waals surface area contributed by atoms with Gasteiger partial charge in [-0.25, -0.2) is 0 Å². The molecule has 2 aromatic rings. The van der Waals surface area contributed by atoms with Crippen LogP contribution in [-0.4, -0.2) is 35.1 Å². The van der Waals surface area contributed by atoms with Crippen LogP contribution in [0.5, 0.6) is 0 Å². The maximum absolute atomic E-state index is 4.54. The van der Waals surface area contributed by atoms with E-state index in [0.29, 0.717) is 6.04 Å². The van der Waals surface area contributed by atoms with E-state index in [1.165, 1.54) is 36.8 Å². The van der Waals surface area contributed by atoms with Crippen molar-refractivity contribution in [2.24, 2.45) is 0 Å². The number of rotatable bonds is 2. The Morgan fingerprint density at radius 2 is 1.85 bits per heavy atom. The van der Waals surface area contributed by atoms with Gasteiger partial charge in [0.05, 0.1) is 11.2 Å². The molecule has 2 aliphatic heterocycles. The highest BCUT2D eigenvalue weighted by atomic mass is 15.2. The summed E-state index contributed by atoms with van der Waals surface area (Å²) in [7, 11) is 2.29. The maximum Gasteiger partial charge on any atom is 0.0933 e. The molecule has 0 radical (unpaired) electrons. The van der Waals surface area contributed by atoms with Gasteiger partial charge in [-0.05, 0) is 44.9 Å². The van der Waals surface area contributed by atoms with Crippen LogP contribution in [-0.2, 0) is 0 Å². The summed E-state index contributed by atoms with van der Waals surface area (Å²) >= 11 is 0. The van der Waals surface area contributed by atoms with Gasteiger partial charge >= 0.3 is 0 Å². The van der Waals surface area contributed by atoms with Crippen molar-refractivity contribution in [3.05, 3.63) is 36.5 Å². The molecule has 0 spiro atoms. The lowest BCUT2D eigenvalue weighted by molar-refractivity contribution is 0.169. The van der Waals surface area contributed by atoms with Crippen molar-refractivity contribution in [1.82, 2.24) is 9.88 Å². The van der Waals surface area contributed by atoms with Crippen molar-refractivity contribution in [3.8, 4) is 0 Å². The minimum Gasteiger partial charge on any atom is -0.380 e. The van der Waals surface area contributed by atoms with E-state index in [0.717, 1.165) is 17.6 Å². The Kier molecular flexibility index (Phi) is 2.88. The highest BCUT2D eigenvalue weighted by molar-refractivity contribution is 5.90. The molecule has 2 saturated heterocycles. The van der Waals surface area contributed by atoms with Gasteiger partial charge in [0.1, 0.15) is 0 Å². The summed E-state index contributed by atoms with van der Waals surface area (Å²) in [6, 6.07) is 12.7. The molecule has 3 nitrogen and oxygen atoms in total. The summed E-state index contributed by atoms with van der Waals surface area (Å²) in [5.74, 6) is 0. The molecule has 4 rings (SSSR count). The van der Waals surface area contributed by atoms with E-state index in [1.807, 2.05) is 12.3 Å². The van der Waals surface area contributed by atoms with Crippen LogP contribution in [0.25, 0.3) is 10.9 Å². The SMILES string of the molecule is CN1C2CCC1CC(Nc1cccc3cccnc13)C2. The molecule has 3 heteroatoms. The Morgan fingerprint density at radius 3 is 2.65 bits per heavy atom. The third kappa shape index (κ3) is 1.97. The number of aromatic nitrogens is 1. The molecule has 2 unspecified atom stereocenters. The number of hydrogen-bond acceptors (Lipinski definition) is 3. The molecule has 20 heavy (non-hydrogen) atoms. The summed E-state index contributed by atoms with van der Waals surface area (Å²) in [5.41, 5.74) is 2.29. The fraction of sp³-hybridized carbons (Fsp3) is 0.471. The number of benzene rings is 1. The standard InChI is InChI=1S/C17H21N3/c1-20-14-7-8-15(20)11-13(10-14)19-16-6-2-4-12-5-3-9-18-17(12)16/h2-6,9,13-15,19H,7-8,10-11H2,1H3. The average Bonchev–Trinajstić information content (AvgIpc) is 2.70. The smallest absolute Gasteiger partial charge is 0.0933 e. The second-order valence-electron chi connectivity index (χ2n) is 6.24. The molecule has 0 amide bonds. The van der Waals surface area contributed by atoms with Crippen LogP contribution in [0.15, 0.2) is 36.5 Å². The van der Waals surface area contributed by atoms with Gasteiger partial charge < -0.3 is 10.2 Å². The summed E-state index contributed by atoms with van der Waals surface area (Å²) < 4.78 is 0. The first-order chi connectivity index (χ1) is 9.81. The van der Waals surface area contributed by atoms with Crippen LogP contribution >= 0.6 is 0 Å². The van der Waals surface area contributed by atoms with Gasteiger partial charge in [-0.1, -0.05) is 18.2 Å². The van der Waals surface area contributed by atoms with E-state index < -0.39 is 0 Å². The van der Waals surface area contributed by atoms with Crippen molar-refractivity contribution in [2.75, 3.05) is 12.4 Å². The number of nitrogens with zero attached hydrogens (tertiary/aromatic N) is 2. The number of fused-ring (bicyclic) bond motifs is 3. The van der Waals surface area contributed by atoms with Crippen LogP contribution in [0.3, 0.4) is 0 Å². The molecule has 1 N–H and O–H groups in total. The minimum atomic E-state index is 0.594. The van der Waals surface area contributed by atoms with Crippen molar-refractivity contribution in [2.45, 2.75) is 43.8 Å². The van der Waals surface area contributed by atoms with Gasteiger partial charge in [-0.2, -0.15) is 0 Å². The summed E-state index contributed by atoms with van der Waals surface area (Å²) in [6.07, 6.45) is 7.14. The third-order valence-corrected chi connectivity index (χ3v) is 5.09. The van der Waals surface area contributed by atoms with Gasteiger partial charge in [0.25, 0.3) is 0 Å². The second-order valence-corrected chi connectivity index (χ2v) is 6.24. The largest absolute Gasteiger partial charge is 0.380 e. The monoisotopic (exact) mass is 267 g/mol. The summed E-state index contributed by atoms with van der Waals surface area (Å²) in [6.45, 7) is 0. The van der Waals surface area contributed by atoms with Gasteiger partial charge in [-0.3, -0.25) is 4.98 Å². The fourth-order valence-corrected chi connectivity index (χ4v) is 3.97. The number of nitrogens with one attached hydrogen (secondary N) is 1. The Hall–Kier alpha value is -1.61. The molecular formula is C17H21N3.